The van der Waals surface area contributed by atoms with Gasteiger partial charge in [0.05, 0.1) is 13.2 Å². The molecular weight excluding hydrogens is 240 g/mol. The first-order valence-corrected chi connectivity index (χ1v) is 5.78. The van der Waals surface area contributed by atoms with Crippen LogP contribution in [-0.4, -0.2) is 41.7 Å². The Labute approximate surface area is 105 Å². The van der Waals surface area contributed by atoms with Crippen LogP contribution in [0.1, 0.15) is 26.7 Å². The minimum absolute atomic E-state index is 0.123. The lowest BCUT2D eigenvalue weighted by molar-refractivity contribution is -0.221. The number of rotatable bonds is 5. The summed E-state index contributed by atoms with van der Waals surface area (Å²) >= 11 is 0. The molecule has 1 rings (SSSR count). The number of carboxylic acid groups (broad SMARTS) is 2. The minimum Gasteiger partial charge on any atom is -0.478 e. The standard InChI is InChI=1S/C12H18O6/c1-3-12(6-17-8(2)18-7-12)5-9(11(15)16)4-10(13)14/h4,8H,3,5-7H2,1-2H3,(H,13,14)(H,15,16). The predicted octanol–water partition coefficient (Wildman–Crippen LogP) is 1.26. The monoisotopic (exact) mass is 258 g/mol. The lowest BCUT2D eigenvalue weighted by Gasteiger charge is -2.38. The van der Waals surface area contributed by atoms with E-state index in [1.807, 2.05) is 6.92 Å². The fourth-order valence-corrected chi connectivity index (χ4v) is 1.85. The Balaban J connectivity index is 2.83. The molecule has 1 heterocycles. The Bertz CT molecular complexity index is 352. The van der Waals surface area contributed by atoms with Crippen LogP contribution in [0.4, 0.5) is 0 Å². The Morgan fingerprint density at radius 1 is 1.33 bits per heavy atom. The smallest absolute Gasteiger partial charge is 0.331 e. The summed E-state index contributed by atoms with van der Waals surface area (Å²) in [6.07, 6.45) is 1.21. The molecule has 0 saturated carbocycles. The van der Waals surface area contributed by atoms with Gasteiger partial charge in [0.15, 0.2) is 6.29 Å². The molecule has 1 saturated heterocycles. The van der Waals surface area contributed by atoms with Gasteiger partial charge in [0.2, 0.25) is 0 Å². The molecule has 2 N–H and O–H groups in total. The van der Waals surface area contributed by atoms with Crippen molar-refractivity contribution in [2.75, 3.05) is 13.2 Å². The molecule has 0 aliphatic carbocycles. The van der Waals surface area contributed by atoms with E-state index in [1.54, 1.807) is 6.92 Å². The van der Waals surface area contributed by atoms with Gasteiger partial charge in [0, 0.05) is 17.1 Å². The summed E-state index contributed by atoms with van der Waals surface area (Å²) in [7, 11) is 0. The molecule has 0 aromatic heterocycles. The SMILES string of the molecule is CCC1(CC(=CC(=O)O)C(=O)O)COC(C)OC1. The highest BCUT2D eigenvalue weighted by atomic mass is 16.7. The van der Waals surface area contributed by atoms with Gasteiger partial charge < -0.3 is 19.7 Å². The van der Waals surface area contributed by atoms with Gasteiger partial charge in [0.25, 0.3) is 0 Å². The summed E-state index contributed by atoms with van der Waals surface area (Å²) in [5, 5.41) is 17.7. The Morgan fingerprint density at radius 2 is 1.89 bits per heavy atom. The van der Waals surface area contributed by atoms with Crippen LogP contribution < -0.4 is 0 Å². The van der Waals surface area contributed by atoms with Crippen molar-refractivity contribution in [1.29, 1.82) is 0 Å². The Morgan fingerprint density at radius 3 is 2.28 bits per heavy atom. The van der Waals surface area contributed by atoms with E-state index in [1.165, 1.54) is 0 Å². The fourth-order valence-electron chi connectivity index (χ4n) is 1.85. The number of carbonyl (C=O) groups is 2. The van der Waals surface area contributed by atoms with Crippen molar-refractivity contribution in [1.82, 2.24) is 0 Å². The third-order valence-corrected chi connectivity index (χ3v) is 3.14. The molecule has 0 atom stereocenters. The van der Waals surface area contributed by atoms with Gasteiger partial charge in [0.1, 0.15) is 0 Å². The molecule has 1 aliphatic heterocycles. The van der Waals surface area contributed by atoms with Gasteiger partial charge in [-0.25, -0.2) is 9.59 Å². The van der Waals surface area contributed by atoms with Crippen LogP contribution in [-0.2, 0) is 19.1 Å². The first-order chi connectivity index (χ1) is 8.38. The van der Waals surface area contributed by atoms with E-state index in [2.05, 4.69) is 0 Å². The second kappa shape index (κ2) is 5.97. The van der Waals surface area contributed by atoms with Gasteiger partial charge in [-0.05, 0) is 19.8 Å². The van der Waals surface area contributed by atoms with Crippen molar-refractivity contribution in [3.63, 3.8) is 0 Å². The second-order valence-corrected chi connectivity index (χ2v) is 4.53. The summed E-state index contributed by atoms with van der Waals surface area (Å²) in [5.74, 6) is -2.48. The summed E-state index contributed by atoms with van der Waals surface area (Å²) in [5.41, 5.74) is -0.599. The first kappa shape index (κ1) is 14.7. The van der Waals surface area contributed by atoms with Crippen molar-refractivity contribution < 1.29 is 29.3 Å². The van der Waals surface area contributed by atoms with Crippen LogP contribution in [0.3, 0.4) is 0 Å². The van der Waals surface area contributed by atoms with Gasteiger partial charge in [-0.3, -0.25) is 0 Å². The average molecular weight is 258 g/mol. The van der Waals surface area contributed by atoms with Crippen LogP contribution in [0.2, 0.25) is 0 Å². The second-order valence-electron chi connectivity index (χ2n) is 4.53. The summed E-state index contributed by atoms with van der Waals surface area (Å²) < 4.78 is 10.8. The van der Waals surface area contributed by atoms with E-state index in [0.717, 1.165) is 6.08 Å². The topological polar surface area (TPSA) is 93.1 Å². The van der Waals surface area contributed by atoms with Crippen LogP contribution in [0, 0.1) is 5.41 Å². The molecule has 0 radical (unpaired) electrons. The lowest BCUT2D eigenvalue weighted by Crippen LogP contribution is -2.41. The highest BCUT2D eigenvalue weighted by molar-refractivity contribution is 5.94. The summed E-state index contributed by atoms with van der Waals surface area (Å²) in [6.45, 7) is 4.41. The van der Waals surface area contributed by atoms with Gasteiger partial charge in [-0.2, -0.15) is 0 Å². The van der Waals surface area contributed by atoms with E-state index in [0.29, 0.717) is 19.6 Å². The highest BCUT2D eigenvalue weighted by Gasteiger charge is 2.36. The largest absolute Gasteiger partial charge is 0.478 e. The number of ether oxygens (including phenoxy) is 2. The molecule has 0 aromatic carbocycles. The van der Waals surface area contributed by atoms with Crippen LogP contribution >= 0.6 is 0 Å². The van der Waals surface area contributed by atoms with Crippen LogP contribution in [0.15, 0.2) is 11.6 Å². The fraction of sp³-hybridized carbons (Fsp3) is 0.667. The van der Waals surface area contributed by atoms with Crippen LogP contribution in [0.25, 0.3) is 0 Å². The number of carboxylic acids is 2. The molecule has 6 nitrogen and oxygen atoms in total. The van der Waals surface area contributed by atoms with Gasteiger partial charge in [-0.15, -0.1) is 0 Å². The zero-order chi connectivity index (χ0) is 13.8. The Kier molecular flexibility index (Phi) is 4.86. The van der Waals surface area contributed by atoms with E-state index >= 15 is 0 Å². The van der Waals surface area contributed by atoms with Crippen molar-refractivity contribution in [2.24, 2.45) is 5.41 Å². The lowest BCUT2D eigenvalue weighted by atomic mass is 9.80. The predicted molar refractivity (Wildman–Crippen MR) is 62.1 cm³/mol. The van der Waals surface area contributed by atoms with Crippen molar-refractivity contribution in [2.45, 2.75) is 33.0 Å². The van der Waals surface area contributed by atoms with Gasteiger partial charge >= 0.3 is 11.9 Å². The molecule has 0 unspecified atom stereocenters. The molecule has 6 heteroatoms. The molecule has 0 amide bonds. The van der Waals surface area contributed by atoms with Crippen molar-refractivity contribution in [3.8, 4) is 0 Å². The molecule has 102 valence electrons. The van der Waals surface area contributed by atoms with E-state index in [9.17, 15) is 9.59 Å². The van der Waals surface area contributed by atoms with E-state index in [4.69, 9.17) is 19.7 Å². The molecule has 0 aromatic rings. The average Bonchev–Trinajstić information content (AvgIpc) is 2.31. The van der Waals surface area contributed by atoms with Crippen molar-refractivity contribution >= 4 is 11.9 Å². The zero-order valence-corrected chi connectivity index (χ0v) is 10.5. The molecule has 1 aliphatic rings. The first-order valence-electron chi connectivity index (χ1n) is 5.78. The van der Waals surface area contributed by atoms with E-state index < -0.39 is 17.4 Å². The normalized spacial score (nSPS) is 29.0. The molecule has 1 fully saturated rings. The molecular formula is C12H18O6. The maximum Gasteiger partial charge on any atom is 0.331 e. The Hall–Kier alpha value is -1.40. The van der Waals surface area contributed by atoms with Crippen LogP contribution in [0.5, 0.6) is 0 Å². The zero-order valence-electron chi connectivity index (χ0n) is 10.5. The summed E-state index contributed by atoms with van der Waals surface area (Å²) in [6, 6.07) is 0. The number of aliphatic carboxylic acids is 2. The van der Waals surface area contributed by atoms with Gasteiger partial charge in [-0.1, -0.05) is 6.92 Å². The minimum atomic E-state index is -1.26. The quantitative estimate of drug-likeness (QED) is 0.721. The molecule has 0 bridgehead atoms. The van der Waals surface area contributed by atoms with Crippen molar-refractivity contribution in [3.05, 3.63) is 11.6 Å². The molecule has 18 heavy (non-hydrogen) atoms. The third-order valence-electron chi connectivity index (χ3n) is 3.14. The molecule has 0 spiro atoms. The number of hydrogen-bond acceptors (Lipinski definition) is 4. The maximum atomic E-state index is 11.0. The third kappa shape index (κ3) is 3.82. The summed E-state index contributed by atoms with van der Waals surface area (Å²) in [4.78, 5) is 21.6. The van der Waals surface area contributed by atoms with E-state index in [-0.39, 0.29) is 18.3 Å². The maximum absolute atomic E-state index is 11.0. The highest BCUT2D eigenvalue weighted by Crippen LogP contribution is 2.34. The number of hydrogen-bond donors (Lipinski definition) is 2.